The van der Waals surface area contributed by atoms with Gasteiger partial charge in [0.15, 0.2) is 0 Å². The van der Waals surface area contributed by atoms with Gasteiger partial charge in [-0.2, -0.15) is 0 Å². The average molecular weight is 315 g/mol. The average Bonchev–Trinajstić information content (AvgIpc) is 3.19. The van der Waals surface area contributed by atoms with Crippen molar-refractivity contribution in [1.29, 1.82) is 0 Å². The molecule has 3 rings (SSSR count). The zero-order valence-corrected chi connectivity index (χ0v) is 13.2. The van der Waals surface area contributed by atoms with Crippen molar-refractivity contribution in [1.82, 2.24) is 4.90 Å². The Hall–Kier alpha value is -2.27. The van der Waals surface area contributed by atoms with Crippen LogP contribution in [0, 0.1) is 6.92 Å². The molecule has 0 bridgehead atoms. The van der Waals surface area contributed by atoms with E-state index in [9.17, 15) is 9.90 Å². The molecule has 1 saturated heterocycles. The van der Waals surface area contributed by atoms with E-state index in [2.05, 4.69) is 0 Å². The van der Waals surface area contributed by atoms with Crippen LogP contribution in [0.25, 0.3) is 0 Å². The number of amides is 1. The van der Waals surface area contributed by atoms with Gasteiger partial charge in [-0.1, -0.05) is 18.2 Å². The fourth-order valence-corrected chi connectivity index (χ4v) is 2.88. The Balaban J connectivity index is 1.82. The Labute approximate surface area is 135 Å². The Kier molecular flexibility index (Phi) is 4.67. The minimum atomic E-state index is -0.102. The first-order valence-electron chi connectivity index (χ1n) is 7.87. The molecular formula is C18H21NO4. The van der Waals surface area contributed by atoms with Gasteiger partial charge in [0.1, 0.15) is 11.5 Å². The highest BCUT2D eigenvalue weighted by Gasteiger charge is 2.25. The third-order valence-corrected chi connectivity index (χ3v) is 4.18. The molecule has 1 atom stereocenters. The Bertz CT molecular complexity index is 673. The molecule has 1 N–H and O–H groups in total. The summed E-state index contributed by atoms with van der Waals surface area (Å²) in [6.45, 7) is 3.37. The molecule has 1 aromatic carbocycles. The van der Waals surface area contributed by atoms with E-state index in [1.165, 1.54) is 6.26 Å². The number of carbonyl (C=O) groups is 1. The van der Waals surface area contributed by atoms with Crippen LogP contribution in [0.2, 0.25) is 0 Å². The molecule has 1 aliphatic rings. The topological polar surface area (TPSA) is 62.9 Å². The number of carbonyl (C=O) groups excluding carboxylic acids is 1. The summed E-state index contributed by atoms with van der Waals surface area (Å²) in [7, 11) is 0. The molecule has 122 valence electrons. The van der Waals surface area contributed by atoms with Gasteiger partial charge in [0.05, 0.1) is 17.9 Å². The van der Waals surface area contributed by atoms with Gasteiger partial charge in [-0.3, -0.25) is 4.79 Å². The maximum atomic E-state index is 12.9. The molecule has 0 aliphatic carbocycles. The highest BCUT2D eigenvalue weighted by molar-refractivity contribution is 5.95. The van der Waals surface area contributed by atoms with Crippen molar-refractivity contribution in [3.05, 3.63) is 53.5 Å². The Morgan fingerprint density at radius 3 is 2.83 bits per heavy atom. The highest BCUT2D eigenvalue weighted by atomic mass is 16.5. The van der Waals surface area contributed by atoms with Crippen molar-refractivity contribution >= 4 is 5.91 Å². The number of ether oxygens (including phenoxy) is 1. The van der Waals surface area contributed by atoms with Crippen LogP contribution in [0.3, 0.4) is 0 Å². The quantitative estimate of drug-likeness (QED) is 0.921. The van der Waals surface area contributed by atoms with Crippen LogP contribution < -0.4 is 0 Å². The molecule has 0 radical (unpaired) electrons. The van der Waals surface area contributed by atoms with Crippen molar-refractivity contribution in [3.8, 4) is 5.75 Å². The number of benzene rings is 1. The summed E-state index contributed by atoms with van der Waals surface area (Å²) in [4.78, 5) is 14.6. The molecule has 1 aromatic heterocycles. The maximum Gasteiger partial charge on any atom is 0.257 e. The summed E-state index contributed by atoms with van der Waals surface area (Å²) in [6.07, 6.45) is 3.55. The number of nitrogens with zero attached hydrogens (tertiary/aromatic N) is 1. The van der Waals surface area contributed by atoms with E-state index in [4.69, 9.17) is 9.15 Å². The normalized spacial score (nSPS) is 17.3. The van der Waals surface area contributed by atoms with Gasteiger partial charge in [0.25, 0.3) is 5.91 Å². The van der Waals surface area contributed by atoms with E-state index in [0.717, 1.165) is 25.0 Å². The van der Waals surface area contributed by atoms with Crippen LogP contribution in [-0.2, 0) is 11.3 Å². The Morgan fingerprint density at radius 1 is 1.35 bits per heavy atom. The van der Waals surface area contributed by atoms with Gasteiger partial charge in [-0.15, -0.1) is 0 Å². The second kappa shape index (κ2) is 6.87. The predicted molar refractivity (Wildman–Crippen MR) is 85.3 cm³/mol. The lowest BCUT2D eigenvalue weighted by Crippen LogP contribution is -2.37. The van der Waals surface area contributed by atoms with Gasteiger partial charge in [0, 0.05) is 25.3 Å². The second-order valence-corrected chi connectivity index (χ2v) is 5.84. The lowest BCUT2D eigenvalue weighted by Gasteiger charge is -2.25. The van der Waals surface area contributed by atoms with Crippen molar-refractivity contribution in [2.24, 2.45) is 0 Å². The van der Waals surface area contributed by atoms with Crippen LogP contribution >= 0.6 is 0 Å². The first-order valence-corrected chi connectivity index (χ1v) is 7.87. The zero-order chi connectivity index (χ0) is 16.2. The number of aryl methyl sites for hydroxylation is 1. The largest absolute Gasteiger partial charge is 0.508 e. The van der Waals surface area contributed by atoms with E-state index >= 15 is 0 Å². The summed E-state index contributed by atoms with van der Waals surface area (Å²) < 4.78 is 10.9. The molecule has 1 fully saturated rings. The van der Waals surface area contributed by atoms with Gasteiger partial charge in [-0.05, 0) is 31.9 Å². The standard InChI is InChI=1S/C18H21NO4/c1-13-16(8-10-22-13)18(21)19(12-15-6-4-9-23-15)11-14-5-2-3-7-17(14)20/h2-3,5,7-8,10,15,20H,4,6,9,11-12H2,1H3/t15-/m1/s1. The first kappa shape index (κ1) is 15.6. The second-order valence-electron chi connectivity index (χ2n) is 5.84. The highest BCUT2D eigenvalue weighted by Crippen LogP contribution is 2.22. The van der Waals surface area contributed by atoms with Gasteiger partial charge < -0.3 is 19.2 Å². The van der Waals surface area contributed by atoms with E-state index < -0.39 is 0 Å². The summed E-state index contributed by atoms with van der Waals surface area (Å²) in [5.41, 5.74) is 1.28. The molecule has 0 unspecified atom stereocenters. The summed E-state index contributed by atoms with van der Waals surface area (Å²) in [5, 5.41) is 10.00. The first-order chi connectivity index (χ1) is 11.1. The number of hydrogen-bond donors (Lipinski definition) is 1. The number of rotatable bonds is 5. The SMILES string of the molecule is Cc1occc1C(=O)N(Cc1ccccc1O)C[C@H]1CCCO1. The monoisotopic (exact) mass is 315 g/mol. The smallest absolute Gasteiger partial charge is 0.257 e. The zero-order valence-electron chi connectivity index (χ0n) is 13.2. The Morgan fingerprint density at radius 2 is 2.17 bits per heavy atom. The van der Waals surface area contributed by atoms with E-state index in [-0.39, 0.29) is 17.8 Å². The molecule has 0 spiro atoms. The molecule has 0 saturated carbocycles. The fourth-order valence-electron chi connectivity index (χ4n) is 2.88. The molecule has 2 heterocycles. The van der Waals surface area contributed by atoms with Crippen molar-refractivity contribution in [2.75, 3.05) is 13.2 Å². The summed E-state index contributed by atoms with van der Waals surface area (Å²) >= 11 is 0. The third-order valence-electron chi connectivity index (χ3n) is 4.18. The lowest BCUT2D eigenvalue weighted by atomic mass is 10.1. The summed E-state index contributed by atoms with van der Waals surface area (Å²) in [5.74, 6) is 0.696. The number of phenols is 1. The minimum Gasteiger partial charge on any atom is -0.508 e. The molecule has 23 heavy (non-hydrogen) atoms. The number of aromatic hydroxyl groups is 1. The van der Waals surface area contributed by atoms with Crippen LogP contribution in [-0.4, -0.2) is 35.2 Å². The van der Waals surface area contributed by atoms with Crippen LogP contribution in [0.15, 0.2) is 41.0 Å². The van der Waals surface area contributed by atoms with Crippen LogP contribution in [0.4, 0.5) is 0 Å². The van der Waals surface area contributed by atoms with Gasteiger partial charge >= 0.3 is 0 Å². The molecule has 5 nitrogen and oxygen atoms in total. The van der Waals surface area contributed by atoms with Crippen molar-refractivity contribution in [2.45, 2.75) is 32.4 Å². The van der Waals surface area contributed by atoms with E-state index in [1.807, 2.05) is 12.1 Å². The predicted octanol–water partition coefficient (Wildman–Crippen LogP) is 3.12. The van der Waals surface area contributed by atoms with E-state index in [0.29, 0.717) is 24.4 Å². The van der Waals surface area contributed by atoms with Gasteiger partial charge in [0.2, 0.25) is 0 Å². The molecule has 5 heteroatoms. The fraction of sp³-hybridized carbons (Fsp3) is 0.389. The van der Waals surface area contributed by atoms with E-state index in [1.54, 1.807) is 30.0 Å². The lowest BCUT2D eigenvalue weighted by molar-refractivity contribution is 0.0504. The van der Waals surface area contributed by atoms with Crippen molar-refractivity contribution in [3.63, 3.8) is 0 Å². The molecule has 2 aromatic rings. The summed E-state index contributed by atoms with van der Waals surface area (Å²) in [6, 6.07) is 8.77. The minimum absolute atomic E-state index is 0.0528. The molecule has 1 amide bonds. The molecular weight excluding hydrogens is 294 g/mol. The number of hydrogen-bond acceptors (Lipinski definition) is 4. The third kappa shape index (κ3) is 3.56. The van der Waals surface area contributed by atoms with Gasteiger partial charge in [-0.25, -0.2) is 0 Å². The van der Waals surface area contributed by atoms with Crippen LogP contribution in [0.1, 0.15) is 34.5 Å². The number of furan rings is 1. The maximum absolute atomic E-state index is 12.9. The van der Waals surface area contributed by atoms with Crippen LogP contribution in [0.5, 0.6) is 5.75 Å². The number of para-hydroxylation sites is 1. The van der Waals surface area contributed by atoms with Crippen molar-refractivity contribution < 1.29 is 19.1 Å². The molecule has 1 aliphatic heterocycles. The number of phenolic OH excluding ortho intramolecular Hbond substituents is 1.